The molecule has 0 aromatic heterocycles. The topological polar surface area (TPSA) is 75.3 Å². The first-order valence-corrected chi connectivity index (χ1v) is 6.33. The van der Waals surface area contributed by atoms with Crippen LogP contribution >= 0.6 is 0 Å². The fourth-order valence-electron chi connectivity index (χ4n) is 1.91. The van der Waals surface area contributed by atoms with Gasteiger partial charge in [-0.25, -0.2) is 0 Å². The van der Waals surface area contributed by atoms with Gasteiger partial charge in [-0.15, -0.1) is 0 Å². The Morgan fingerprint density at radius 1 is 1.50 bits per heavy atom. The van der Waals surface area contributed by atoms with E-state index in [1.165, 1.54) is 0 Å². The normalized spacial score (nSPS) is 12.2. The molecule has 0 spiro atoms. The molecule has 0 fully saturated rings. The van der Waals surface area contributed by atoms with Gasteiger partial charge in [0.1, 0.15) is 0 Å². The molecule has 1 aromatic carbocycles. The minimum Gasteiger partial charge on any atom is -0.399 e. The first kappa shape index (κ1) is 14.5. The zero-order valence-electron chi connectivity index (χ0n) is 11.1. The highest BCUT2D eigenvalue weighted by molar-refractivity contribution is 5.95. The number of rotatable bonds is 6. The van der Waals surface area contributed by atoms with Crippen molar-refractivity contribution in [3.8, 4) is 0 Å². The lowest BCUT2D eigenvalue weighted by Gasteiger charge is -2.15. The van der Waals surface area contributed by atoms with Gasteiger partial charge < -0.3 is 16.2 Å². The molecular weight excluding hydrogens is 228 g/mol. The van der Waals surface area contributed by atoms with Crippen molar-refractivity contribution >= 4 is 11.6 Å². The first-order valence-electron chi connectivity index (χ1n) is 6.33. The third kappa shape index (κ3) is 4.04. The molecule has 1 unspecified atom stereocenters. The smallest absolute Gasteiger partial charge is 0.251 e. The standard InChI is InChI=1S/C14H22N2O2/c1-3-11(6-7-17)9-16-14(18)13-5-4-12(15)8-10(13)2/h4-5,8,11,17H,3,6-7,9,15H2,1-2H3,(H,16,18). The maximum atomic E-state index is 12.0. The monoisotopic (exact) mass is 250 g/mol. The van der Waals surface area contributed by atoms with Crippen LogP contribution in [0.2, 0.25) is 0 Å². The van der Waals surface area contributed by atoms with E-state index in [0.717, 1.165) is 18.4 Å². The van der Waals surface area contributed by atoms with Crippen LogP contribution < -0.4 is 11.1 Å². The highest BCUT2D eigenvalue weighted by Gasteiger charge is 2.11. The molecule has 0 aliphatic rings. The SMILES string of the molecule is CCC(CCO)CNC(=O)c1ccc(N)cc1C. The van der Waals surface area contributed by atoms with E-state index >= 15 is 0 Å². The lowest BCUT2D eigenvalue weighted by atomic mass is 10.0. The van der Waals surface area contributed by atoms with Crippen LogP contribution in [0.15, 0.2) is 18.2 Å². The van der Waals surface area contributed by atoms with Crippen LogP contribution in [0.3, 0.4) is 0 Å². The van der Waals surface area contributed by atoms with Gasteiger partial charge in [-0.2, -0.15) is 0 Å². The van der Waals surface area contributed by atoms with Crippen molar-refractivity contribution in [2.75, 3.05) is 18.9 Å². The highest BCUT2D eigenvalue weighted by atomic mass is 16.3. The van der Waals surface area contributed by atoms with Gasteiger partial charge in [0.2, 0.25) is 0 Å². The van der Waals surface area contributed by atoms with Crippen LogP contribution in [-0.4, -0.2) is 24.2 Å². The fraction of sp³-hybridized carbons (Fsp3) is 0.500. The number of anilines is 1. The fourth-order valence-corrected chi connectivity index (χ4v) is 1.91. The van der Waals surface area contributed by atoms with E-state index in [1.54, 1.807) is 18.2 Å². The van der Waals surface area contributed by atoms with E-state index in [-0.39, 0.29) is 12.5 Å². The summed E-state index contributed by atoms with van der Waals surface area (Å²) in [6.07, 6.45) is 1.67. The average Bonchev–Trinajstić information content (AvgIpc) is 2.34. The van der Waals surface area contributed by atoms with Crippen molar-refractivity contribution in [3.63, 3.8) is 0 Å². The Bertz CT molecular complexity index is 405. The minimum absolute atomic E-state index is 0.0797. The van der Waals surface area contributed by atoms with Gasteiger partial charge in [0.05, 0.1) is 0 Å². The van der Waals surface area contributed by atoms with E-state index < -0.39 is 0 Å². The molecule has 18 heavy (non-hydrogen) atoms. The molecule has 4 nitrogen and oxygen atoms in total. The summed E-state index contributed by atoms with van der Waals surface area (Å²) in [6, 6.07) is 5.26. The second-order valence-corrected chi connectivity index (χ2v) is 4.57. The number of aliphatic hydroxyl groups is 1. The van der Waals surface area contributed by atoms with E-state index in [1.807, 2.05) is 6.92 Å². The summed E-state index contributed by atoms with van der Waals surface area (Å²) in [6.45, 7) is 4.69. The summed E-state index contributed by atoms with van der Waals surface area (Å²) in [7, 11) is 0. The first-order chi connectivity index (χ1) is 8.58. The summed E-state index contributed by atoms with van der Waals surface area (Å²) in [5.74, 6) is 0.247. The molecular formula is C14H22N2O2. The number of benzene rings is 1. The number of carbonyl (C=O) groups is 1. The van der Waals surface area contributed by atoms with E-state index in [9.17, 15) is 4.79 Å². The summed E-state index contributed by atoms with van der Waals surface area (Å²) >= 11 is 0. The van der Waals surface area contributed by atoms with E-state index in [4.69, 9.17) is 10.8 Å². The van der Waals surface area contributed by atoms with Gasteiger partial charge in [0, 0.05) is 24.4 Å². The molecule has 1 amide bonds. The second-order valence-electron chi connectivity index (χ2n) is 4.57. The summed E-state index contributed by atoms with van der Waals surface area (Å²) < 4.78 is 0. The van der Waals surface area contributed by atoms with Crippen molar-refractivity contribution in [1.29, 1.82) is 0 Å². The van der Waals surface area contributed by atoms with Crippen LogP contribution in [-0.2, 0) is 0 Å². The molecule has 0 saturated carbocycles. The summed E-state index contributed by atoms with van der Waals surface area (Å²) in [4.78, 5) is 12.0. The van der Waals surface area contributed by atoms with Crippen molar-refractivity contribution in [2.45, 2.75) is 26.7 Å². The molecule has 1 atom stereocenters. The predicted molar refractivity (Wildman–Crippen MR) is 73.4 cm³/mol. The Kier molecular flexibility index (Phi) is 5.65. The summed E-state index contributed by atoms with van der Waals surface area (Å²) in [5.41, 5.74) is 7.85. The average molecular weight is 250 g/mol. The largest absolute Gasteiger partial charge is 0.399 e. The molecule has 1 rings (SSSR count). The third-order valence-electron chi connectivity index (χ3n) is 3.16. The number of carbonyl (C=O) groups excluding carboxylic acids is 1. The molecule has 0 heterocycles. The van der Waals surface area contributed by atoms with Gasteiger partial charge in [-0.1, -0.05) is 13.3 Å². The van der Waals surface area contributed by atoms with Crippen molar-refractivity contribution in [2.24, 2.45) is 5.92 Å². The lowest BCUT2D eigenvalue weighted by Crippen LogP contribution is -2.30. The Morgan fingerprint density at radius 3 is 2.78 bits per heavy atom. The number of hydrogen-bond acceptors (Lipinski definition) is 3. The molecule has 0 bridgehead atoms. The zero-order chi connectivity index (χ0) is 13.5. The number of nitrogen functional groups attached to an aromatic ring is 1. The van der Waals surface area contributed by atoms with Crippen LogP contribution in [0.25, 0.3) is 0 Å². The number of amides is 1. The number of aliphatic hydroxyl groups excluding tert-OH is 1. The van der Waals surface area contributed by atoms with Crippen molar-refractivity contribution in [1.82, 2.24) is 5.32 Å². The Labute approximate surface area is 108 Å². The van der Waals surface area contributed by atoms with E-state index in [0.29, 0.717) is 23.7 Å². The molecule has 4 N–H and O–H groups in total. The summed E-state index contributed by atoms with van der Waals surface area (Å²) in [5, 5.41) is 11.8. The molecule has 1 aromatic rings. The van der Waals surface area contributed by atoms with Crippen LogP contribution in [0, 0.1) is 12.8 Å². The molecule has 0 radical (unpaired) electrons. The Hall–Kier alpha value is -1.55. The molecule has 0 saturated heterocycles. The van der Waals surface area contributed by atoms with Gasteiger partial charge in [0.15, 0.2) is 0 Å². The van der Waals surface area contributed by atoms with Crippen molar-refractivity contribution in [3.05, 3.63) is 29.3 Å². The number of hydrogen-bond donors (Lipinski definition) is 3. The molecule has 4 heteroatoms. The van der Waals surface area contributed by atoms with Gasteiger partial charge in [-0.05, 0) is 43.0 Å². The number of aryl methyl sites for hydroxylation is 1. The van der Waals surface area contributed by atoms with E-state index in [2.05, 4.69) is 12.2 Å². The highest BCUT2D eigenvalue weighted by Crippen LogP contribution is 2.13. The number of nitrogens with one attached hydrogen (secondary N) is 1. The van der Waals surface area contributed by atoms with Gasteiger partial charge in [0.25, 0.3) is 5.91 Å². The van der Waals surface area contributed by atoms with Crippen LogP contribution in [0.1, 0.15) is 35.7 Å². The Balaban J connectivity index is 2.59. The van der Waals surface area contributed by atoms with Crippen LogP contribution in [0.4, 0.5) is 5.69 Å². The lowest BCUT2D eigenvalue weighted by molar-refractivity contribution is 0.0943. The van der Waals surface area contributed by atoms with Gasteiger partial charge >= 0.3 is 0 Å². The van der Waals surface area contributed by atoms with Gasteiger partial charge in [-0.3, -0.25) is 4.79 Å². The zero-order valence-corrected chi connectivity index (χ0v) is 11.1. The molecule has 100 valence electrons. The second kappa shape index (κ2) is 7.01. The Morgan fingerprint density at radius 2 is 2.22 bits per heavy atom. The number of nitrogens with two attached hydrogens (primary N) is 1. The maximum absolute atomic E-state index is 12.0. The maximum Gasteiger partial charge on any atom is 0.251 e. The third-order valence-corrected chi connectivity index (χ3v) is 3.16. The minimum atomic E-state index is -0.0797. The quantitative estimate of drug-likeness (QED) is 0.673. The predicted octanol–water partition coefficient (Wildman–Crippen LogP) is 1.72. The molecule has 0 aliphatic carbocycles. The van der Waals surface area contributed by atoms with Crippen molar-refractivity contribution < 1.29 is 9.90 Å². The molecule has 0 aliphatic heterocycles. The van der Waals surface area contributed by atoms with Crippen LogP contribution in [0.5, 0.6) is 0 Å².